The lowest BCUT2D eigenvalue weighted by Crippen LogP contribution is -2.11. The summed E-state index contributed by atoms with van der Waals surface area (Å²) in [6.45, 7) is 3.98. The van der Waals surface area contributed by atoms with Crippen molar-refractivity contribution in [1.82, 2.24) is 14.8 Å². The highest BCUT2D eigenvalue weighted by Gasteiger charge is 2.25. The number of nitro groups is 1. The molecule has 2 aromatic carbocycles. The molecule has 1 heterocycles. The van der Waals surface area contributed by atoms with E-state index in [1.165, 1.54) is 11.8 Å². The Morgan fingerprint density at radius 2 is 1.93 bits per heavy atom. The first-order valence-electron chi connectivity index (χ1n) is 9.10. The number of benzene rings is 2. The molecule has 0 fully saturated rings. The van der Waals surface area contributed by atoms with E-state index >= 15 is 0 Å². The maximum absolute atomic E-state index is 11.4. The fraction of sp³-hybridized carbons (Fsp3) is 0.300. The van der Waals surface area contributed by atoms with Gasteiger partial charge in [0.25, 0.3) is 0 Å². The quantitative estimate of drug-likeness (QED) is 0.296. The Morgan fingerprint density at radius 1 is 1.17 bits per heavy atom. The van der Waals surface area contributed by atoms with Crippen molar-refractivity contribution in [1.29, 1.82) is 0 Å². The minimum absolute atomic E-state index is 0.261. The number of hydrogen-bond acceptors (Lipinski definition) is 7. The third kappa shape index (κ3) is 4.86. The number of thioether (sulfide) groups is 1. The summed E-state index contributed by atoms with van der Waals surface area (Å²) in [6.07, 6.45) is 0. The standard InChI is InChI=1S/C20H22N4O4S/c1-4-28-17-11-10-15(12-18(17)27-3)19(13-23(25)26)29-20-22-21-14(2)24(20)16-8-6-5-7-9-16/h5-12,19H,4,13H2,1-3H3/t19-/m0/s1. The molecule has 3 rings (SSSR count). The second-order valence-electron chi connectivity index (χ2n) is 6.17. The number of rotatable bonds is 9. The van der Waals surface area contributed by atoms with Crippen molar-refractivity contribution >= 4 is 11.8 Å². The van der Waals surface area contributed by atoms with Gasteiger partial charge in [-0.1, -0.05) is 36.0 Å². The SMILES string of the molecule is CCOc1ccc([C@H](C[N+](=O)[O-])Sc2nnc(C)n2-c2ccccc2)cc1OC. The Kier molecular flexibility index (Phi) is 6.71. The highest BCUT2D eigenvalue weighted by atomic mass is 32.2. The number of aryl methyl sites for hydroxylation is 1. The minimum atomic E-state index is -0.472. The zero-order chi connectivity index (χ0) is 20.8. The van der Waals surface area contributed by atoms with Crippen LogP contribution in [0.25, 0.3) is 5.69 Å². The molecule has 1 atom stereocenters. The summed E-state index contributed by atoms with van der Waals surface area (Å²) in [6, 6.07) is 15.1. The van der Waals surface area contributed by atoms with Crippen molar-refractivity contribution in [2.75, 3.05) is 20.3 Å². The van der Waals surface area contributed by atoms with E-state index in [1.807, 2.05) is 54.8 Å². The molecule has 0 aliphatic rings. The molecule has 9 heteroatoms. The Labute approximate surface area is 173 Å². The van der Waals surface area contributed by atoms with E-state index in [0.717, 1.165) is 11.3 Å². The average molecular weight is 414 g/mol. The van der Waals surface area contributed by atoms with Crippen LogP contribution in [0.5, 0.6) is 11.5 Å². The van der Waals surface area contributed by atoms with Gasteiger partial charge in [-0.15, -0.1) is 10.2 Å². The zero-order valence-corrected chi connectivity index (χ0v) is 17.3. The Bertz CT molecular complexity index is 978. The maximum Gasteiger partial charge on any atom is 0.220 e. The highest BCUT2D eigenvalue weighted by Crippen LogP contribution is 2.39. The molecule has 0 bridgehead atoms. The van der Waals surface area contributed by atoms with Crippen LogP contribution in [0.3, 0.4) is 0 Å². The van der Waals surface area contributed by atoms with Crippen molar-refractivity contribution in [3.05, 3.63) is 70.0 Å². The monoisotopic (exact) mass is 414 g/mol. The number of aromatic nitrogens is 3. The van der Waals surface area contributed by atoms with Crippen LogP contribution in [0.2, 0.25) is 0 Å². The molecule has 0 N–H and O–H groups in total. The van der Waals surface area contributed by atoms with Gasteiger partial charge in [0, 0.05) is 10.6 Å². The lowest BCUT2D eigenvalue weighted by Gasteiger charge is -2.16. The molecule has 0 saturated carbocycles. The number of ether oxygens (including phenoxy) is 2. The second-order valence-corrected chi connectivity index (χ2v) is 7.34. The predicted octanol–water partition coefficient (Wildman–Crippen LogP) is 4.09. The summed E-state index contributed by atoms with van der Waals surface area (Å²) < 4.78 is 12.8. The van der Waals surface area contributed by atoms with Gasteiger partial charge in [0.05, 0.1) is 13.7 Å². The Balaban J connectivity index is 1.97. The van der Waals surface area contributed by atoms with Gasteiger partial charge in [0.1, 0.15) is 11.1 Å². The first kappa shape index (κ1) is 20.7. The number of methoxy groups -OCH3 is 1. The second kappa shape index (κ2) is 9.42. The van der Waals surface area contributed by atoms with Gasteiger partial charge >= 0.3 is 0 Å². The lowest BCUT2D eigenvalue weighted by atomic mass is 10.1. The molecule has 0 aliphatic heterocycles. The van der Waals surface area contributed by atoms with Crippen LogP contribution in [0.15, 0.2) is 53.7 Å². The summed E-state index contributed by atoms with van der Waals surface area (Å²) in [5, 5.41) is 19.9. The van der Waals surface area contributed by atoms with Crippen LogP contribution in [0.1, 0.15) is 23.6 Å². The molecule has 29 heavy (non-hydrogen) atoms. The molecule has 0 radical (unpaired) electrons. The topological polar surface area (TPSA) is 92.3 Å². The molecule has 0 unspecified atom stereocenters. The average Bonchev–Trinajstić information content (AvgIpc) is 3.08. The number of nitrogens with zero attached hydrogens (tertiary/aromatic N) is 4. The molecule has 1 aromatic heterocycles. The molecule has 0 amide bonds. The Morgan fingerprint density at radius 3 is 2.59 bits per heavy atom. The van der Waals surface area contributed by atoms with E-state index in [4.69, 9.17) is 9.47 Å². The van der Waals surface area contributed by atoms with Gasteiger partial charge in [-0.25, -0.2) is 0 Å². The highest BCUT2D eigenvalue weighted by molar-refractivity contribution is 7.99. The minimum Gasteiger partial charge on any atom is -0.493 e. The molecular weight excluding hydrogens is 392 g/mol. The maximum atomic E-state index is 11.4. The fourth-order valence-electron chi connectivity index (χ4n) is 2.93. The van der Waals surface area contributed by atoms with Crippen molar-refractivity contribution in [3.63, 3.8) is 0 Å². The van der Waals surface area contributed by atoms with Crippen LogP contribution in [0.4, 0.5) is 0 Å². The molecule has 0 aliphatic carbocycles. The molecule has 8 nitrogen and oxygen atoms in total. The summed E-state index contributed by atoms with van der Waals surface area (Å²) in [5.41, 5.74) is 1.66. The van der Waals surface area contributed by atoms with Gasteiger partial charge in [-0.05, 0) is 43.7 Å². The van der Waals surface area contributed by atoms with Gasteiger partial charge in [0.15, 0.2) is 16.7 Å². The summed E-state index contributed by atoms with van der Waals surface area (Å²) in [5.74, 6) is 1.86. The predicted molar refractivity (Wildman–Crippen MR) is 111 cm³/mol. The van der Waals surface area contributed by atoms with Crippen molar-refractivity contribution in [2.24, 2.45) is 0 Å². The molecular formula is C20H22N4O4S. The van der Waals surface area contributed by atoms with Crippen molar-refractivity contribution in [3.8, 4) is 17.2 Å². The number of para-hydroxylation sites is 1. The largest absolute Gasteiger partial charge is 0.493 e. The summed E-state index contributed by atoms with van der Waals surface area (Å²) >= 11 is 1.30. The molecule has 0 spiro atoms. The van der Waals surface area contributed by atoms with Crippen molar-refractivity contribution in [2.45, 2.75) is 24.3 Å². The van der Waals surface area contributed by atoms with Gasteiger partial charge < -0.3 is 9.47 Å². The van der Waals surface area contributed by atoms with E-state index in [0.29, 0.717) is 29.1 Å². The van der Waals surface area contributed by atoms with E-state index in [-0.39, 0.29) is 11.5 Å². The molecule has 0 saturated heterocycles. The molecule has 3 aromatic rings. The lowest BCUT2D eigenvalue weighted by molar-refractivity contribution is -0.479. The van der Waals surface area contributed by atoms with Crippen LogP contribution in [-0.4, -0.2) is 39.9 Å². The molecule has 152 valence electrons. The van der Waals surface area contributed by atoms with Crippen LogP contribution in [-0.2, 0) is 0 Å². The van der Waals surface area contributed by atoms with E-state index in [1.54, 1.807) is 19.2 Å². The van der Waals surface area contributed by atoms with Crippen LogP contribution >= 0.6 is 11.8 Å². The van der Waals surface area contributed by atoms with Gasteiger partial charge in [0.2, 0.25) is 6.54 Å². The van der Waals surface area contributed by atoms with Gasteiger partial charge in [-0.2, -0.15) is 0 Å². The van der Waals surface area contributed by atoms with E-state index < -0.39 is 5.25 Å². The van der Waals surface area contributed by atoms with Crippen LogP contribution in [0, 0.1) is 17.0 Å². The normalized spacial score (nSPS) is 11.8. The first-order chi connectivity index (χ1) is 14.0. The summed E-state index contributed by atoms with van der Waals surface area (Å²) in [7, 11) is 1.55. The van der Waals surface area contributed by atoms with E-state index in [9.17, 15) is 10.1 Å². The van der Waals surface area contributed by atoms with Gasteiger partial charge in [-0.3, -0.25) is 14.7 Å². The first-order valence-corrected chi connectivity index (χ1v) is 9.98. The van der Waals surface area contributed by atoms with Crippen LogP contribution < -0.4 is 9.47 Å². The van der Waals surface area contributed by atoms with Crippen molar-refractivity contribution < 1.29 is 14.4 Å². The van der Waals surface area contributed by atoms with E-state index in [2.05, 4.69) is 10.2 Å². The third-order valence-corrected chi connectivity index (χ3v) is 5.41. The summed E-state index contributed by atoms with van der Waals surface area (Å²) in [4.78, 5) is 11.0. The Hall–Kier alpha value is -3.07. The smallest absolute Gasteiger partial charge is 0.220 e. The fourth-order valence-corrected chi connectivity index (χ4v) is 4.09. The third-order valence-electron chi connectivity index (χ3n) is 4.23. The zero-order valence-electron chi connectivity index (χ0n) is 16.4. The number of hydrogen-bond donors (Lipinski definition) is 0.